The fraction of sp³-hybridized carbons (Fsp3) is 0.632. The molecule has 2 fully saturated rings. The smallest absolute Gasteiger partial charge is 0.168 e. The Morgan fingerprint density at radius 1 is 1.22 bits per heavy atom. The molecule has 4 heteroatoms. The molecule has 0 aromatic heterocycles. The highest BCUT2D eigenvalue weighted by Gasteiger charge is 2.41. The summed E-state index contributed by atoms with van der Waals surface area (Å²) in [7, 11) is 1.62. The van der Waals surface area contributed by atoms with Crippen molar-refractivity contribution in [2.45, 2.75) is 63.3 Å². The molecule has 3 rings (SSSR count). The summed E-state index contributed by atoms with van der Waals surface area (Å²) in [5.74, 6) is 0.651. The van der Waals surface area contributed by atoms with E-state index in [1.165, 1.54) is 19.3 Å². The van der Waals surface area contributed by atoms with Crippen LogP contribution in [0.25, 0.3) is 0 Å². The highest BCUT2D eigenvalue weighted by Crippen LogP contribution is 2.38. The van der Waals surface area contributed by atoms with Crippen LogP contribution in [0.3, 0.4) is 0 Å². The van der Waals surface area contributed by atoms with Crippen molar-refractivity contribution in [3.05, 3.63) is 29.8 Å². The average molecular weight is 318 g/mol. The molecule has 1 aliphatic carbocycles. The first-order chi connectivity index (χ1) is 11.2. The monoisotopic (exact) mass is 318 g/mol. The van der Waals surface area contributed by atoms with E-state index < -0.39 is 0 Å². The Morgan fingerprint density at radius 3 is 2.65 bits per heavy atom. The fourth-order valence-electron chi connectivity index (χ4n) is 3.52. The molecule has 0 radical (unpaired) electrons. The van der Waals surface area contributed by atoms with Crippen molar-refractivity contribution in [3.8, 4) is 5.75 Å². The third-order valence-electron chi connectivity index (χ3n) is 4.87. The summed E-state index contributed by atoms with van der Waals surface area (Å²) in [5.41, 5.74) is 0.748. The van der Waals surface area contributed by atoms with Crippen molar-refractivity contribution >= 4 is 5.78 Å². The molecule has 1 aliphatic heterocycles. The second kappa shape index (κ2) is 7.45. The van der Waals surface area contributed by atoms with Crippen molar-refractivity contribution in [1.29, 1.82) is 0 Å². The number of hydrogen-bond donors (Lipinski definition) is 0. The molecule has 1 spiro atoms. The van der Waals surface area contributed by atoms with Gasteiger partial charge >= 0.3 is 0 Å². The molecule has 0 N–H and O–H groups in total. The van der Waals surface area contributed by atoms with Crippen LogP contribution in [-0.4, -0.2) is 31.4 Å². The molecule has 2 aliphatic rings. The number of ether oxygens (including phenoxy) is 3. The van der Waals surface area contributed by atoms with Gasteiger partial charge in [-0.3, -0.25) is 4.79 Å². The summed E-state index contributed by atoms with van der Waals surface area (Å²) >= 11 is 0. The fourth-order valence-corrected chi connectivity index (χ4v) is 3.52. The minimum atomic E-state index is -0.303. The van der Waals surface area contributed by atoms with Gasteiger partial charge in [-0.05, 0) is 49.9 Å². The lowest BCUT2D eigenvalue weighted by Gasteiger charge is -2.31. The normalized spacial score (nSPS) is 23.1. The molecule has 1 saturated heterocycles. The molecule has 1 saturated carbocycles. The van der Waals surface area contributed by atoms with E-state index in [9.17, 15) is 4.79 Å². The summed E-state index contributed by atoms with van der Waals surface area (Å²) in [4.78, 5) is 12.2. The standard InChI is InChI=1S/C19H26O4/c1-21-16-10-8-15(9-11-16)18(20)7-5-6-17-14-22-19(23-17)12-3-2-4-13-19/h8-11,17H,2-7,12-14H2,1H3/t17-/m0/s1. The second-order valence-electron chi connectivity index (χ2n) is 6.57. The van der Waals surface area contributed by atoms with Crippen LogP contribution in [0.5, 0.6) is 5.75 Å². The lowest BCUT2D eigenvalue weighted by Crippen LogP contribution is -2.33. The maximum atomic E-state index is 12.2. The SMILES string of the molecule is COc1ccc(C(=O)CCC[C@H]2COC3(CCCCC3)O2)cc1. The Kier molecular flexibility index (Phi) is 5.34. The van der Waals surface area contributed by atoms with Gasteiger partial charge in [0.05, 0.1) is 19.8 Å². The molecule has 0 bridgehead atoms. The van der Waals surface area contributed by atoms with Crippen molar-refractivity contribution < 1.29 is 19.0 Å². The number of carbonyl (C=O) groups excluding carboxylic acids is 1. The van der Waals surface area contributed by atoms with Gasteiger partial charge < -0.3 is 14.2 Å². The van der Waals surface area contributed by atoms with Crippen LogP contribution < -0.4 is 4.74 Å². The number of methoxy groups -OCH3 is 1. The van der Waals surface area contributed by atoms with Crippen molar-refractivity contribution in [2.75, 3.05) is 13.7 Å². The maximum absolute atomic E-state index is 12.2. The predicted molar refractivity (Wildman–Crippen MR) is 87.8 cm³/mol. The lowest BCUT2D eigenvalue weighted by molar-refractivity contribution is -0.187. The molecule has 1 heterocycles. The van der Waals surface area contributed by atoms with Crippen LogP contribution in [0.15, 0.2) is 24.3 Å². The Balaban J connectivity index is 1.41. The van der Waals surface area contributed by atoms with E-state index >= 15 is 0 Å². The van der Waals surface area contributed by atoms with E-state index in [-0.39, 0.29) is 17.7 Å². The van der Waals surface area contributed by atoms with E-state index in [1.807, 2.05) is 24.3 Å². The largest absolute Gasteiger partial charge is 0.497 e. The van der Waals surface area contributed by atoms with Gasteiger partial charge in [-0.1, -0.05) is 6.42 Å². The van der Waals surface area contributed by atoms with Gasteiger partial charge in [0.2, 0.25) is 0 Å². The molecule has 1 aromatic rings. The van der Waals surface area contributed by atoms with Gasteiger partial charge in [0.1, 0.15) is 5.75 Å². The number of hydrogen-bond acceptors (Lipinski definition) is 4. The quantitative estimate of drug-likeness (QED) is 0.740. The zero-order valence-electron chi connectivity index (χ0n) is 13.9. The van der Waals surface area contributed by atoms with Crippen LogP contribution in [0, 0.1) is 0 Å². The van der Waals surface area contributed by atoms with Crippen LogP contribution in [0.2, 0.25) is 0 Å². The predicted octanol–water partition coefficient (Wildman–Crippen LogP) is 4.12. The average Bonchev–Trinajstić information content (AvgIpc) is 2.98. The molecular weight excluding hydrogens is 292 g/mol. The molecule has 126 valence electrons. The third-order valence-corrected chi connectivity index (χ3v) is 4.87. The van der Waals surface area contributed by atoms with E-state index in [2.05, 4.69) is 0 Å². The molecule has 4 nitrogen and oxygen atoms in total. The molecule has 0 unspecified atom stereocenters. The molecule has 0 amide bonds. The van der Waals surface area contributed by atoms with E-state index in [4.69, 9.17) is 14.2 Å². The van der Waals surface area contributed by atoms with Crippen molar-refractivity contribution in [3.63, 3.8) is 0 Å². The van der Waals surface area contributed by atoms with Gasteiger partial charge in [-0.15, -0.1) is 0 Å². The van der Waals surface area contributed by atoms with Gasteiger partial charge in [-0.25, -0.2) is 0 Å². The van der Waals surface area contributed by atoms with Crippen LogP contribution >= 0.6 is 0 Å². The van der Waals surface area contributed by atoms with Gasteiger partial charge in [0.15, 0.2) is 11.6 Å². The Hall–Kier alpha value is -1.39. The summed E-state index contributed by atoms with van der Waals surface area (Å²) in [5, 5.41) is 0. The maximum Gasteiger partial charge on any atom is 0.168 e. The van der Waals surface area contributed by atoms with Gasteiger partial charge in [0, 0.05) is 24.8 Å². The number of carbonyl (C=O) groups is 1. The molecule has 1 atom stereocenters. The number of benzene rings is 1. The first-order valence-electron chi connectivity index (χ1n) is 8.70. The number of ketones is 1. The Labute approximate surface area is 138 Å². The second-order valence-corrected chi connectivity index (χ2v) is 6.57. The summed E-state index contributed by atoms with van der Waals surface area (Å²) in [6, 6.07) is 7.31. The van der Waals surface area contributed by atoms with Gasteiger partial charge in [0.25, 0.3) is 0 Å². The first kappa shape index (κ1) is 16.5. The highest BCUT2D eigenvalue weighted by molar-refractivity contribution is 5.96. The number of rotatable bonds is 6. The number of Topliss-reactive ketones (excluding diaryl/α,β-unsaturated/α-hetero) is 1. The lowest BCUT2D eigenvalue weighted by atomic mass is 9.94. The Bertz CT molecular complexity index is 517. The van der Waals surface area contributed by atoms with E-state index in [0.29, 0.717) is 13.0 Å². The topological polar surface area (TPSA) is 44.8 Å². The summed E-state index contributed by atoms with van der Waals surface area (Å²) < 4.78 is 17.2. The zero-order valence-corrected chi connectivity index (χ0v) is 13.9. The van der Waals surface area contributed by atoms with Crippen molar-refractivity contribution in [2.24, 2.45) is 0 Å². The molecular formula is C19H26O4. The van der Waals surface area contributed by atoms with Gasteiger partial charge in [-0.2, -0.15) is 0 Å². The minimum Gasteiger partial charge on any atom is -0.497 e. The van der Waals surface area contributed by atoms with Crippen molar-refractivity contribution in [1.82, 2.24) is 0 Å². The van der Waals surface area contributed by atoms with E-state index in [1.54, 1.807) is 7.11 Å². The Morgan fingerprint density at radius 2 is 1.96 bits per heavy atom. The summed E-state index contributed by atoms with van der Waals surface area (Å²) in [6.45, 7) is 0.677. The van der Waals surface area contributed by atoms with E-state index in [0.717, 1.165) is 37.0 Å². The zero-order chi connectivity index (χ0) is 16.1. The first-order valence-corrected chi connectivity index (χ1v) is 8.70. The third kappa shape index (κ3) is 4.12. The highest BCUT2D eigenvalue weighted by atomic mass is 16.7. The van der Waals surface area contributed by atoms with Crippen LogP contribution in [0.4, 0.5) is 0 Å². The van der Waals surface area contributed by atoms with Crippen LogP contribution in [-0.2, 0) is 9.47 Å². The molecule has 1 aromatic carbocycles. The minimum absolute atomic E-state index is 0.150. The molecule has 23 heavy (non-hydrogen) atoms. The van der Waals surface area contributed by atoms with Crippen LogP contribution in [0.1, 0.15) is 61.7 Å². The summed E-state index contributed by atoms with van der Waals surface area (Å²) in [6.07, 6.45) is 8.16.